The number of rotatable bonds is 5. The first-order valence-corrected chi connectivity index (χ1v) is 10.6. The van der Waals surface area contributed by atoms with Gasteiger partial charge in [-0.2, -0.15) is 0 Å². The van der Waals surface area contributed by atoms with Gasteiger partial charge in [-0.1, -0.05) is 6.92 Å². The molecule has 29 heavy (non-hydrogen) atoms. The fraction of sp³-hybridized carbons (Fsp3) is 0.524. The molecule has 0 radical (unpaired) electrons. The van der Waals surface area contributed by atoms with Crippen LogP contribution in [-0.2, 0) is 6.42 Å². The van der Waals surface area contributed by atoms with Gasteiger partial charge in [0.1, 0.15) is 11.0 Å². The molecule has 8 nitrogen and oxygen atoms in total. The summed E-state index contributed by atoms with van der Waals surface area (Å²) in [5.74, 6) is 1.35. The van der Waals surface area contributed by atoms with Crippen molar-refractivity contribution in [2.24, 2.45) is 10.7 Å². The average Bonchev–Trinajstić information content (AvgIpc) is 3.30. The van der Waals surface area contributed by atoms with Gasteiger partial charge in [-0.15, -0.1) is 0 Å². The zero-order valence-corrected chi connectivity index (χ0v) is 17.1. The van der Waals surface area contributed by atoms with Crippen molar-refractivity contribution < 1.29 is 0 Å². The monoisotopic (exact) mass is 394 g/mol. The lowest BCUT2D eigenvalue weighted by molar-refractivity contribution is 0.461. The van der Waals surface area contributed by atoms with Crippen LogP contribution in [0.4, 0.5) is 11.6 Å². The topological polar surface area (TPSA) is 118 Å². The molecule has 2 aliphatic heterocycles. The van der Waals surface area contributed by atoms with E-state index in [1.54, 1.807) is 12.4 Å². The summed E-state index contributed by atoms with van der Waals surface area (Å²) in [5, 5.41) is 3.36. The molecule has 2 aromatic heterocycles. The number of nitrogens with zero attached hydrogens (tertiary/aromatic N) is 5. The SMILES string of the molecule is CCc1nc2c(N)ncc(C(C=NC3CCNCC3)=CN)c2nc1N1CCCC1. The molecule has 0 spiro atoms. The standard InChI is InChI=1S/C21H30N8/c1-2-17-21(29-9-3-4-10-29)28-18-16(13-26-20(23)19(18)27-17)14(11-22)12-25-15-5-7-24-8-6-15/h11-13,15,24H,2-10,22H2,1H3,(H2,23,26). The molecule has 0 atom stereocenters. The largest absolute Gasteiger partial charge is 0.404 e. The van der Waals surface area contributed by atoms with Gasteiger partial charge >= 0.3 is 0 Å². The van der Waals surface area contributed by atoms with E-state index in [1.165, 1.54) is 12.8 Å². The zero-order valence-electron chi connectivity index (χ0n) is 17.1. The first kappa shape index (κ1) is 19.6. The number of nitrogen functional groups attached to an aromatic ring is 1. The second-order valence-electron chi connectivity index (χ2n) is 7.68. The van der Waals surface area contributed by atoms with E-state index < -0.39 is 0 Å². The van der Waals surface area contributed by atoms with Gasteiger partial charge in [0.2, 0.25) is 0 Å². The predicted molar refractivity (Wildman–Crippen MR) is 119 cm³/mol. The fourth-order valence-electron chi connectivity index (χ4n) is 4.06. The number of piperidine rings is 1. The van der Waals surface area contributed by atoms with Crippen LogP contribution in [0.5, 0.6) is 0 Å². The van der Waals surface area contributed by atoms with Gasteiger partial charge < -0.3 is 21.7 Å². The Bertz CT molecular complexity index is 924. The summed E-state index contributed by atoms with van der Waals surface area (Å²) in [6, 6.07) is 0.317. The summed E-state index contributed by atoms with van der Waals surface area (Å²) < 4.78 is 0. The van der Waals surface area contributed by atoms with E-state index in [2.05, 4.69) is 22.1 Å². The number of fused-ring (bicyclic) bond motifs is 1. The van der Waals surface area contributed by atoms with Gasteiger partial charge in [0.15, 0.2) is 11.6 Å². The minimum Gasteiger partial charge on any atom is -0.404 e. The van der Waals surface area contributed by atoms with Crippen LogP contribution in [0.1, 0.15) is 43.9 Å². The predicted octanol–water partition coefficient (Wildman–Crippen LogP) is 1.89. The first-order chi connectivity index (χ1) is 14.2. The van der Waals surface area contributed by atoms with Crippen LogP contribution in [0.2, 0.25) is 0 Å². The lowest BCUT2D eigenvalue weighted by Crippen LogP contribution is -2.29. The van der Waals surface area contributed by atoms with Crippen LogP contribution in [0.15, 0.2) is 17.4 Å². The van der Waals surface area contributed by atoms with E-state index >= 15 is 0 Å². The molecule has 0 aliphatic carbocycles. The molecular weight excluding hydrogens is 364 g/mol. The number of nitrogens with two attached hydrogens (primary N) is 2. The molecule has 2 aliphatic rings. The molecule has 0 amide bonds. The molecule has 2 saturated heterocycles. The van der Waals surface area contributed by atoms with Crippen LogP contribution >= 0.6 is 0 Å². The molecule has 2 aromatic rings. The van der Waals surface area contributed by atoms with Crippen LogP contribution < -0.4 is 21.7 Å². The maximum Gasteiger partial charge on any atom is 0.151 e. The number of pyridine rings is 1. The van der Waals surface area contributed by atoms with Crippen LogP contribution in [-0.4, -0.2) is 53.4 Å². The Morgan fingerprint density at radius 3 is 2.69 bits per heavy atom. The lowest BCUT2D eigenvalue weighted by Gasteiger charge is -2.21. The maximum absolute atomic E-state index is 6.17. The number of anilines is 2. The summed E-state index contributed by atoms with van der Waals surface area (Å²) in [6.45, 7) is 6.13. The molecule has 2 fully saturated rings. The van der Waals surface area contributed by atoms with E-state index in [-0.39, 0.29) is 0 Å². The van der Waals surface area contributed by atoms with Crippen molar-refractivity contribution in [1.82, 2.24) is 20.3 Å². The molecule has 0 saturated carbocycles. The second-order valence-corrected chi connectivity index (χ2v) is 7.68. The quantitative estimate of drug-likeness (QED) is 0.663. The smallest absolute Gasteiger partial charge is 0.151 e. The molecule has 0 unspecified atom stereocenters. The van der Waals surface area contributed by atoms with Crippen molar-refractivity contribution in [2.75, 3.05) is 36.8 Å². The highest BCUT2D eigenvalue weighted by Gasteiger charge is 2.21. The number of aryl methyl sites for hydroxylation is 1. The third-order valence-corrected chi connectivity index (χ3v) is 5.74. The highest BCUT2D eigenvalue weighted by Crippen LogP contribution is 2.30. The number of aromatic nitrogens is 3. The minimum atomic E-state index is 0.317. The number of hydrogen-bond acceptors (Lipinski definition) is 8. The van der Waals surface area contributed by atoms with Crippen LogP contribution in [0, 0.1) is 0 Å². The number of allylic oxidation sites excluding steroid dienone is 1. The highest BCUT2D eigenvalue weighted by molar-refractivity contribution is 6.14. The van der Waals surface area contributed by atoms with Crippen molar-refractivity contribution in [3.05, 3.63) is 23.7 Å². The molecule has 154 valence electrons. The normalized spacial score (nSPS) is 18.9. The average molecular weight is 395 g/mol. The lowest BCUT2D eigenvalue weighted by atomic mass is 10.1. The fourth-order valence-corrected chi connectivity index (χ4v) is 4.06. The van der Waals surface area contributed by atoms with Gasteiger partial charge in [0, 0.05) is 42.8 Å². The van der Waals surface area contributed by atoms with Gasteiger partial charge in [-0.3, -0.25) is 4.99 Å². The highest BCUT2D eigenvalue weighted by atomic mass is 15.2. The number of aliphatic imine (C=N–C) groups is 1. The minimum absolute atomic E-state index is 0.317. The van der Waals surface area contributed by atoms with E-state index in [0.717, 1.165) is 73.6 Å². The summed E-state index contributed by atoms with van der Waals surface area (Å²) in [5.41, 5.74) is 16.1. The van der Waals surface area contributed by atoms with Gasteiger partial charge in [0.25, 0.3) is 0 Å². The second kappa shape index (κ2) is 8.73. The van der Waals surface area contributed by atoms with Gasteiger partial charge in [-0.05, 0) is 45.2 Å². The zero-order chi connectivity index (χ0) is 20.2. The maximum atomic E-state index is 6.17. The third kappa shape index (κ3) is 4.03. The summed E-state index contributed by atoms with van der Waals surface area (Å²) in [7, 11) is 0. The Hall–Kier alpha value is -2.74. The number of nitrogens with one attached hydrogen (secondary N) is 1. The van der Waals surface area contributed by atoms with E-state index in [4.69, 9.17) is 26.4 Å². The molecule has 0 bridgehead atoms. The van der Waals surface area contributed by atoms with Crippen molar-refractivity contribution in [1.29, 1.82) is 0 Å². The Morgan fingerprint density at radius 1 is 1.24 bits per heavy atom. The third-order valence-electron chi connectivity index (χ3n) is 5.74. The molecule has 0 aromatic carbocycles. The first-order valence-electron chi connectivity index (χ1n) is 10.6. The molecule has 4 heterocycles. The Labute approximate surface area is 171 Å². The van der Waals surface area contributed by atoms with E-state index in [9.17, 15) is 0 Å². The Balaban J connectivity index is 1.77. The Morgan fingerprint density at radius 2 is 2.00 bits per heavy atom. The molecular formula is C21H30N8. The van der Waals surface area contributed by atoms with Crippen molar-refractivity contribution in [3.63, 3.8) is 0 Å². The van der Waals surface area contributed by atoms with Gasteiger partial charge in [-0.25, -0.2) is 15.0 Å². The van der Waals surface area contributed by atoms with Crippen molar-refractivity contribution in [3.8, 4) is 0 Å². The van der Waals surface area contributed by atoms with Crippen molar-refractivity contribution >= 4 is 34.5 Å². The number of hydrogen-bond donors (Lipinski definition) is 3. The molecule has 8 heteroatoms. The molecule has 5 N–H and O–H groups in total. The van der Waals surface area contributed by atoms with E-state index in [1.807, 2.05) is 6.21 Å². The molecule has 4 rings (SSSR count). The summed E-state index contributed by atoms with van der Waals surface area (Å²) >= 11 is 0. The van der Waals surface area contributed by atoms with E-state index in [0.29, 0.717) is 17.4 Å². The Kier molecular flexibility index (Phi) is 5.89. The van der Waals surface area contributed by atoms with Crippen LogP contribution in [0.25, 0.3) is 16.6 Å². The van der Waals surface area contributed by atoms with Gasteiger partial charge in [0.05, 0.1) is 11.7 Å². The van der Waals surface area contributed by atoms with Crippen molar-refractivity contribution in [2.45, 2.75) is 45.1 Å². The van der Waals surface area contributed by atoms with Crippen LogP contribution in [0.3, 0.4) is 0 Å². The summed E-state index contributed by atoms with van der Waals surface area (Å²) in [6.07, 6.45) is 10.4. The summed E-state index contributed by atoms with van der Waals surface area (Å²) in [4.78, 5) is 21.3.